The van der Waals surface area contributed by atoms with Crippen molar-refractivity contribution in [1.82, 2.24) is 14.8 Å². The Hall–Kier alpha value is -1.65. The molecule has 5 rings (SSSR count). The molecule has 0 radical (unpaired) electrons. The van der Waals surface area contributed by atoms with Gasteiger partial charge in [0.1, 0.15) is 5.82 Å². The van der Waals surface area contributed by atoms with Crippen molar-refractivity contribution in [2.45, 2.75) is 31.7 Å². The highest BCUT2D eigenvalue weighted by Gasteiger charge is 2.33. The maximum Gasteiger partial charge on any atom is 0.129 e. The molecule has 1 aromatic heterocycles. The van der Waals surface area contributed by atoms with E-state index < -0.39 is 0 Å². The third-order valence-electron chi connectivity index (χ3n) is 6.41. The highest BCUT2D eigenvalue weighted by atomic mass is 15.3. The lowest BCUT2D eigenvalue weighted by molar-refractivity contribution is 0.124. The molecule has 2 aromatic rings. The number of nitrogens with zero attached hydrogens (tertiary/aromatic N) is 4. The fraction of sp³-hybridized carbons (Fsp3) is 0.591. The van der Waals surface area contributed by atoms with Crippen LogP contribution in [-0.2, 0) is 0 Å². The Bertz CT molecular complexity index is 749. The molecule has 2 aliphatic heterocycles. The van der Waals surface area contributed by atoms with E-state index in [1.54, 1.807) is 0 Å². The first-order chi connectivity index (χ1) is 12.8. The first kappa shape index (κ1) is 16.5. The SMILES string of the molecule is c1ccc2nc(N3CCN(C[C@@H]4CCCN(C5CC5)C4)CC3)ccc2c1. The van der Waals surface area contributed by atoms with Crippen molar-refractivity contribution in [3.05, 3.63) is 36.4 Å². The van der Waals surface area contributed by atoms with Gasteiger partial charge in [-0.25, -0.2) is 4.98 Å². The van der Waals surface area contributed by atoms with E-state index in [0.717, 1.165) is 36.4 Å². The molecule has 3 fully saturated rings. The van der Waals surface area contributed by atoms with Crippen LogP contribution in [0.2, 0.25) is 0 Å². The predicted molar refractivity (Wildman–Crippen MR) is 108 cm³/mol. The number of aromatic nitrogens is 1. The molecule has 0 amide bonds. The van der Waals surface area contributed by atoms with Crippen LogP contribution < -0.4 is 4.90 Å². The molecule has 2 saturated heterocycles. The second-order valence-corrected chi connectivity index (χ2v) is 8.38. The largest absolute Gasteiger partial charge is 0.354 e. The van der Waals surface area contributed by atoms with Gasteiger partial charge in [0.15, 0.2) is 0 Å². The number of fused-ring (bicyclic) bond motifs is 1. The van der Waals surface area contributed by atoms with E-state index >= 15 is 0 Å². The summed E-state index contributed by atoms with van der Waals surface area (Å²) >= 11 is 0. The van der Waals surface area contributed by atoms with Gasteiger partial charge < -0.3 is 9.80 Å². The predicted octanol–water partition coefficient (Wildman–Crippen LogP) is 3.23. The summed E-state index contributed by atoms with van der Waals surface area (Å²) in [7, 11) is 0. The molecule has 0 N–H and O–H groups in total. The number of hydrogen-bond donors (Lipinski definition) is 0. The topological polar surface area (TPSA) is 22.6 Å². The van der Waals surface area contributed by atoms with Crippen LogP contribution in [-0.4, -0.2) is 66.6 Å². The van der Waals surface area contributed by atoms with Crippen LogP contribution in [0.4, 0.5) is 5.82 Å². The third-order valence-corrected chi connectivity index (χ3v) is 6.41. The van der Waals surface area contributed by atoms with Crippen molar-refractivity contribution in [3.8, 4) is 0 Å². The fourth-order valence-electron chi connectivity index (χ4n) is 4.77. The van der Waals surface area contributed by atoms with Crippen LogP contribution in [0.25, 0.3) is 10.9 Å². The highest BCUT2D eigenvalue weighted by Crippen LogP contribution is 2.31. The summed E-state index contributed by atoms with van der Waals surface area (Å²) in [4.78, 5) is 12.8. The van der Waals surface area contributed by atoms with Gasteiger partial charge in [0, 0.05) is 50.7 Å². The summed E-state index contributed by atoms with van der Waals surface area (Å²) in [6.07, 6.45) is 5.73. The maximum atomic E-state index is 4.88. The molecule has 4 nitrogen and oxygen atoms in total. The number of piperazine rings is 1. The second kappa shape index (κ2) is 7.16. The van der Waals surface area contributed by atoms with Crippen molar-refractivity contribution in [2.75, 3.05) is 50.7 Å². The number of para-hydroxylation sites is 1. The van der Waals surface area contributed by atoms with Gasteiger partial charge in [0.05, 0.1) is 5.52 Å². The van der Waals surface area contributed by atoms with Gasteiger partial charge in [-0.3, -0.25) is 4.90 Å². The van der Waals surface area contributed by atoms with Gasteiger partial charge in [-0.1, -0.05) is 18.2 Å². The molecule has 0 bridgehead atoms. The molecule has 1 atom stereocenters. The lowest BCUT2D eigenvalue weighted by Gasteiger charge is -2.39. The lowest BCUT2D eigenvalue weighted by Crippen LogP contribution is -2.50. The average molecular weight is 351 g/mol. The lowest BCUT2D eigenvalue weighted by atomic mass is 9.97. The van der Waals surface area contributed by atoms with Gasteiger partial charge in [0.2, 0.25) is 0 Å². The number of pyridine rings is 1. The maximum absolute atomic E-state index is 4.88. The summed E-state index contributed by atoms with van der Waals surface area (Å²) in [6, 6.07) is 13.7. The van der Waals surface area contributed by atoms with Crippen molar-refractivity contribution in [1.29, 1.82) is 0 Å². The van der Waals surface area contributed by atoms with Crippen molar-refractivity contribution in [2.24, 2.45) is 5.92 Å². The minimum atomic E-state index is 0.884. The molecule has 1 aliphatic carbocycles. The molecule has 26 heavy (non-hydrogen) atoms. The number of piperidine rings is 1. The van der Waals surface area contributed by atoms with E-state index in [0.29, 0.717) is 0 Å². The zero-order valence-corrected chi connectivity index (χ0v) is 15.7. The monoisotopic (exact) mass is 350 g/mol. The first-order valence-electron chi connectivity index (χ1n) is 10.4. The van der Waals surface area contributed by atoms with Crippen LogP contribution in [0.3, 0.4) is 0 Å². The normalized spacial score (nSPS) is 25.7. The second-order valence-electron chi connectivity index (χ2n) is 8.38. The van der Waals surface area contributed by atoms with E-state index in [2.05, 4.69) is 51.1 Å². The summed E-state index contributed by atoms with van der Waals surface area (Å²) < 4.78 is 0. The molecule has 4 heteroatoms. The van der Waals surface area contributed by atoms with Crippen molar-refractivity contribution >= 4 is 16.7 Å². The molecule has 1 aromatic carbocycles. The summed E-state index contributed by atoms with van der Waals surface area (Å²) in [6.45, 7) is 8.54. The Labute approximate surface area is 156 Å². The van der Waals surface area contributed by atoms with E-state index in [9.17, 15) is 0 Å². The minimum absolute atomic E-state index is 0.884. The number of anilines is 1. The van der Waals surface area contributed by atoms with Crippen LogP contribution in [0, 0.1) is 5.92 Å². The van der Waals surface area contributed by atoms with E-state index in [-0.39, 0.29) is 0 Å². The number of benzene rings is 1. The van der Waals surface area contributed by atoms with Crippen LogP contribution >= 0.6 is 0 Å². The van der Waals surface area contributed by atoms with Gasteiger partial charge in [-0.05, 0) is 56.3 Å². The molecular formula is C22H30N4. The Morgan fingerprint density at radius 3 is 2.58 bits per heavy atom. The van der Waals surface area contributed by atoms with E-state index in [4.69, 9.17) is 4.98 Å². The molecule has 3 aliphatic rings. The van der Waals surface area contributed by atoms with E-state index in [1.165, 1.54) is 63.8 Å². The molecule has 1 saturated carbocycles. The van der Waals surface area contributed by atoms with Crippen LogP contribution in [0.1, 0.15) is 25.7 Å². The minimum Gasteiger partial charge on any atom is -0.354 e. The summed E-state index contributed by atoms with van der Waals surface area (Å²) in [5.74, 6) is 2.02. The summed E-state index contributed by atoms with van der Waals surface area (Å²) in [5.41, 5.74) is 1.11. The van der Waals surface area contributed by atoms with Gasteiger partial charge in [0.25, 0.3) is 0 Å². The van der Waals surface area contributed by atoms with Crippen LogP contribution in [0.5, 0.6) is 0 Å². The van der Waals surface area contributed by atoms with Gasteiger partial charge in [-0.2, -0.15) is 0 Å². The molecule has 138 valence electrons. The Morgan fingerprint density at radius 1 is 0.885 bits per heavy atom. The molecular weight excluding hydrogens is 320 g/mol. The van der Waals surface area contributed by atoms with Gasteiger partial charge in [-0.15, -0.1) is 0 Å². The number of rotatable bonds is 4. The Kier molecular flexibility index (Phi) is 4.55. The third kappa shape index (κ3) is 3.58. The van der Waals surface area contributed by atoms with Crippen molar-refractivity contribution in [3.63, 3.8) is 0 Å². The zero-order chi connectivity index (χ0) is 17.3. The smallest absolute Gasteiger partial charge is 0.129 e. The Balaban J connectivity index is 1.16. The molecule has 3 heterocycles. The van der Waals surface area contributed by atoms with Gasteiger partial charge >= 0.3 is 0 Å². The van der Waals surface area contributed by atoms with Crippen LogP contribution in [0.15, 0.2) is 36.4 Å². The molecule has 0 unspecified atom stereocenters. The Morgan fingerprint density at radius 2 is 1.73 bits per heavy atom. The highest BCUT2D eigenvalue weighted by molar-refractivity contribution is 5.80. The average Bonchev–Trinajstić information content (AvgIpc) is 3.54. The standard InChI is InChI=1S/C22H30N4/c1-2-6-21-19(5-1)7-10-22(23-21)25-14-12-24(13-15-25)16-18-4-3-11-26(17-18)20-8-9-20/h1-2,5-7,10,18,20H,3-4,8-9,11-17H2/t18-/m0/s1. The fourth-order valence-corrected chi connectivity index (χ4v) is 4.77. The molecule has 0 spiro atoms. The van der Waals surface area contributed by atoms with Crippen molar-refractivity contribution < 1.29 is 0 Å². The number of hydrogen-bond acceptors (Lipinski definition) is 4. The summed E-state index contributed by atoms with van der Waals surface area (Å²) in [5, 5.41) is 1.23. The zero-order valence-electron chi connectivity index (χ0n) is 15.7. The first-order valence-corrected chi connectivity index (χ1v) is 10.4. The number of likely N-dealkylation sites (tertiary alicyclic amines) is 1. The quantitative estimate of drug-likeness (QED) is 0.844. The van der Waals surface area contributed by atoms with E-state index in [1.807, 2.05) is 0 Å².